The minimum absolute atomic E-state index is 0.624. The third-order valence-electron chi connectivity index (χ3n) is 2.88. The van der Waals surface area contributed by atoms with Crippen molar-refractivity contribution in [2.24, 2.45) is 0 Å². The first-order chi connectivity index (χ1) is 9.01. The quantitative estimate of drug-likeness (QED) is 0.890. The number of halogens is 2. The van der Waals surface area contributed by atoms with Gasteiger partial charge in [-0.2, -0.15) is 0 Å². The van der Waals surface area contributed by atoms with Crippen molar-refractivity contribution in [3.63, 3.8) is 0 Å². The van der Waals surface area contributed by atoms with Crippen molar-refractivity contribution in [2.45, 2.75) is 13.0 Å². The van der Waals surface area contributed by atoms with Crippen LogP contribution >= 0.6 is 27.5 Å². The van der Waals surface area contributed by atoms with Gasteiger partial charge in [-0.25, -0.2) is 0 Å². The number of aliphatic hydroxyl groups is 1. The smallest absolute Gasteiger partial charge is 0.120 e. The van der Waals surface area contributed by atoms with Gasteiger partial charge in [-0.05, 0) is 47.9 Å². The zero-order valence-corrected chi connectivity index (χ0v) is 13.0. The van der Waals surface area contributed by atoms with Gasteiger partial charge < -0.3 is 9.84 Å². The fraction of sp³-hybridized carbons (Fsp3) is 0.200. The molecular weight excluding hydrogens is 328 g/mol. The van der Waals surface area contributed by atoms with E-state index in [9.17, 15) is 5.11 Å². The number of hydrogen-bond donors (Lipinski definition) is 1. The molecule has 0 saturated carbocycles. The molecule has 0 aromatic heterocycles. The second kappa shape index (κ2) is 5.95. The van der Waals surface area contributed by atoms with Crippen LogP contribution in [-0.4, -0.2) is 12.2 Å². The Hall–Kier alpha value is -1.03. The molecule has 0 aliphatic heterocycles. The Balaban J connectivity index is 2.40. The number of aryl methyl sites for hydroxylation is 1. The van der Waals surface area contributed by atoms with E-state index in [2.05, 4.69) is 15.9 Å². The Kier molecular flexibility index (Phi) is 4.50. The van der Waals surface area contributed by atoms with Crippen LogP contribution < -0.4 is 4.74 Å². The van der Waals surface area contributed by atoms with Crippen LogP contribution in [0.2, 0.25) is 5.02 Å². The normalized spacial score (nSPS) is 12.3. The molecule has 0 radical (unpaired) electrons. The fourth-order valence-electron chi connectivity index (χ4n) is 1.96. The van der Waals surface area contributed by atoms with Gasteiger partial charge in [-0.15, -0.1) is 0 Å². The van der Waals surface area contributed by atoms with Crippen molar-refractivity contribution in [1.82, 2.24) is 0 Å². The molecule has 0 aliphatic carbocycles. The average Bonchev–Trinajstić information content (AvgIpc) is 2.36. The van der Waals surface area contributed by atoms with E-state index in [-0.39, 0.29) is 0 Å². The van der Waals surface area contributed by atoms with Crippen LogP contribution in [0.4, 0.5) is 0 Å². The van der Waals surface area contributed by atoms with Gasteiger partial charge in [0.15, 0.2) is 0 Å². The molecule has 19 heavy (non-hydrogen) atoms. The molecule has 0 heterocycles. The first kappa shape index (κ1) is 14.4. The lowest BCUT2D eigenvalue weighted by Crippen LogP contribution is -2.01. The molecule has 2 aromatic carbocycles. The maximum atomic E-state index is 10.5. The van der Waals surface area contributed by atoms with E-state index in [0.29, 0.717) is 5.02 Å². The lowest BCUT2D eigenvalue weighted by atomic mass is 10.00. The van der Waals surface area contributed by atoms with Gasteiger partial charge in [0, 0.05) is 9.50 Å². The van der Waals surface area contributed by atoms with Crippen molar-refractivity contribution in [2.75, 3.05) is 7.11 Å². The largest absolute Gasteiger partial charge is 0.497 e. The summed E-state index contributed by atoms with van der Waals surface area (Å²) in [7, 11) is 1.61. The molecule has 1 atom stereocenters. The van der Waals surface area contributed by atoms with E-state index in [1.54, 1.807) is 13.2 Å². The van der Waals surface area contributed by atoms with Gasteiger partial charge >= 0.3 is 0 Å². The van der Waals surface area contributed by atoms with Crippen molar-refractivity contribution in [3.8, 4) is 5.75 Å². The molecule has 0 bridgehead atoms. The summed E-state index contributed by atoms with van der Waals surface area (Å²) in [6, 6.07) is 11.0. The van der Waals surface area contributed by atoms with Crippen molar-refractivity contribution < 1.29 is 9.84 Å². The van der Waals surface area contributed by atoms with E-state index in [4.69, 9.17) is 16.3 Å². The highest BCUT2D eigenvalue weighted by Gasteiger charge is 2.15. The Bertz CT molecular complexity index is 578. The van der Waals surface area contributed by atoms with E-state index < -0.39 is 6.10 Å². The molecule has 0 spiro atoms. The zero-order chi connectivity index (χ0) is 14.0. The van der Waals surface area contributed by atoms with Crippen LogP contribution in [-0.2, 0) is 0 Å². The van der Waals surface area contributed by atoms with Crippen LogP contribution in [0.25, 0.3) is 0 Å². The molecule has 4 heteroatoms. The third kappa shape index (κ3) is 3.30. The third-order valence-corrected chi connectivity index (χ3v) is 3.79. The van der Waals surface area contributed by atoms with Crippen LogP contribution in [0.15, 0.2) is 40.9 Å². The molecule has 1 N–H and O–H groups in total. The van der Waals surface area contributed by atoms with Crippen LogP contribution in [0.1, 0.15) is 22.8 Å². The van der Waals surface area contributed by atoms with E-state index in [1.807, 2.05) is 37.3 Å². The maximum absolute atomic E-state index is 10.5. The summed E-state index contributed by atoms with van der Waals surface area (Å²) < 4.78 is 5.94. The topological polar surface area (TPSA) is 29.5 Å². The first-order valence-electron chi connectivity index (χ1n) is 5.80. The van der Waals surface area contributed by atoms with E-state index >= 15 is 0 Å². The summed E-state index contributed by atoms with van der Waals surface area (Å²) in [6.45, 7) is 1.95. The van der Waals surface area contributed by atoms with Crippen molar-refractivity contribution >= 4 is 27.5 Å². The SMILES string of the molecule is COc1ccc(C(O)c2cc(C)cc(Cl)c2)c(Br)c1. The Morgan fingerprint density at radius 3 is 2.53 bits per heavy atom. The Morgan fingerprint density at radius 1 is 1.21 bits per heavy atom. The van der Waals surface area contributed by atoms with Gasteiger partial charge in [0.1, 0.15) is 11.9 Å². The number of rotatable bonds is 3. The van der Waals surface area contributed by atoms with Gasteiger partial charge in [0.2, 0.25) is 0 Å². The number of benzene rings is 2. The Labute approximate surface area is 126 Å². The minimum atomic E-state index is -0.724. The first-order valence-corrected chi connectivity index (χ1v) is 6.97. The number of ether oxygens (including phenoxy) is 1. The highest BCUT2D eigenvalue weighted by atomic mass is 79.9. The molecule has 1 unspecified atom stereocenters. The molecule has 2 nitrogen and oxygen atoms in total. The monoisotopic (exact) mass is 340 g/mol. The average molecular weight is 342 g/mol. The van der Waals surface area contributed by atoms with Crippen molar-refractivity contribution in [3.05, 3.63) is 62.6 Å². The lowest BCUT2D eigenvalue weighted by Gasteiger charge is -2.15. The molecule has 0 fully saturated rings. The van der Waals surface area contributed by atoms with Gasteiger partial charge in [0.25, 0.3) is 0 Å². The zero-order valence-electron chi connectivity index (χ0n) is 10.7. The van der Waals surface area contributed by atoms with Gasteiger partial charge in [-0.1, -0.05) is 39.7 Å². The van der Waals surface area contributed by atoms with Crippen molar-refractivity contribution in [1.29, 1.82) is 0 Å². The summed E-state index contributed by atoms with van der Waals surface area (Å²) >= 11 is 9.48. The van der Waals surface area contributed by atoms with E-state index in [1.165, 1.54) is 0 Å². The van der Waals surface area contributed by atoms with Gasteiger partial charge in [0.05, 0.1) is 7.11 Å². The molecule has 100 valence electrons. The number of aliphatic hydroxyl groups excluding tert-OH is 1. The number of hydrogen-bond acceptors (Lipinski definition) is 2. The van der Waals surface area contributed by atoms with E-state index in [0.717, 1.165) is 26.9 Å². The summed E-state index contributed by atoms with van der Waals surface area (Å²) in [5, 5.41) is 11.1. The highest BCUT2D eigenvalue weighted by Crippen LogP contribution is 2.32. The standard InChI is InChI=1S/C15H14BrClO2/c1-9-5-10(7-11(17)6-9)15(18)13-4-3-12(19-2)8-14(13)16/h3-8,15,18H,1-2H3. The molecular formula is C15H14BrClO2. The molecule has 2 aromatic rings. The summed E-state index contributed by atoms with van der Waals surface area (Å²) in [6.07, 6.45) is -0.724. The second-order valence-electron chi connectivity index (χ2n) is 4.35. The summed E-state index contributed by atoms with van der Waals surface area (Å²) in [4.78, 5) is 0. The summed E-state index contributed by atoms with van der Waals surface area (Å²) in [5.74, 6) is 0.741. The van der Waals surface area contributed by atoms with Gasteiger partial charge in [-0.3, -0.25) is 0 Å². The number of methoxy groups -OCH3 is 1. The fourth-order valence-corrected chi connectivity index (χ4v) is 2.83. The molecule has 0 saturated heterocycles. The molecule has 2 rings (SSSR count). The maximum Gasteiger partial charge on any atom is 0.120 e. The Morgan fingerprint density at radius 2 is 1.95 bits per heavy atom. The minimum Gasteiger partial charge on any atom is -0.497 e. The predicted octanol–water partition coefficient (Wildman–Crippen LogP) is 4.50. The molecule has 0 aliphatic rings. The van der Waals surface area contributed by atoms with Crippen LogP contribution in [0, 0.1) is 6.92 Å². The second-order valence-corrected chi connectivity index (χ2v) is 5.64. The lowest BCUT2D eigenvalue weighted by molar-refractivity contribution is 0.219. The van der Waals surface area contributed by atoms with Crippen LogP contribution in [0.3, 0.4) is 0 Å². The molecule has 0 amide bonds. The highest BCUT2D eigenvalue weighted by molar-refractivity contribution is 9.10. The predicted molar refractivity (Wildman–Crippen MR) is 80.9 cm³/mol. The summed E-state index contributed by atoms with van der Waals surface area (Å²) in [5.41, 5.74) is 2.57. The van der Waals surface area contributed by atoms with Crippen LogP contribution in [0.5, 0.6) is 5.75 Å².